The number of pyridine rings is 2. The Kier molecular flexibility index (Phi) is 5.00. The molecule has 3 aromatic heterocycles. The third kappa shape index (κ3) is 3.44. The van der Waals surface area contributed by atoms with E-state index in [1.807, 2.05) is 0 Å². The maximum atomic E-state index is 13.1. The van der Waals surface area contributed by atoms with Crippen LogP contribution in [-0.2, 0) is 6.54 Å². The highest BCUT2D eigenvalue weighted by atomic mass is 79.9. The van der Waals surface area contributed by atoms with Gasteiger partial charge in [0.1, 0.15) is 6.54 Å². The number of benzene rings is 1. The lowest BCUT2D eigenvalue weighted by Gasteiger charge is -2.15. The van der Waals surface area contributed by atoms with Gasteiger partial charge < -0.3 is 0 Å². The predicted octanol–water partition coefficient (Wildman–Crippen LogP) is 4.69. The van der Waals surface area contributed by atoms with Gasteiger partial charge in [0, 0.05) is 21.6 Å². The van der Waals surface area contributed by atoms with Gasteiger partial charge in [-0.15, -0.1) is 12.4 Å². The van der Waals surface area contributed by atoms with Crippen LogP contribution >= 0.6 is 28.3 Å². The van der Waals surface area contributed by atoms with Crippen molar-refractivity contribution in [3.8, 4) is 11.3 Å². The summed E-state index contributed by atoms with van der Waals surface area (Å²) in [5, 5.41) is 7.09. The summed E-state index contributed by atoms with van der Waals surface area (Å²) < 4.78 is 40.6. The van der Waals surface area contributed by atoms with Crippen molar-refractivity contribution in [1.82, 2.24) is 19.7 Å². The van der Waals surface area contributed by atoms with Crippen molar-refractivity contribution in [2.45, 2.75) is 12.7 Å². The summed E-state index contributed by atoms with van der Waals surface area (Å²) in [6, 6.07) is 8.47. The van der Waals surface area contributed by atoms with Crippen molar-refractivity contribution < 1.29 is 13.2 Å². The number of hydrogen-bond acceptors (Lipinski definition) is 3. The molecule has 3 heterocycles. The molecule has 1 N–H and O–H groups in total. The Labute approximate surface area is 164 Å². The zero-order valence-electron chi connectivity index (χ0n) is 13.4. The second-order valence-electron chi connectivity index (χ2n) is 5.73. The third-order valence-corrected chi connectivity index (χ3v) is 4.69. The largest absolute Gasteiger partial charge is 0.406 e. The molecule has 27 heavy (non-hydrogen) atoms. The molecule has 1 aromatic carbocycles. The smallest absolute Gasteiger partial charge is 0.298 e. The topological polar surface area (TPSA) is 63.6 Å². The maximum absolute atomic E-state index is 13.1. The first-order chi connectivity index (χ1) is 12.3. The monoisotopic (exact) mass is 458 g/mol. The molecule has 0 aliphatic carbocycles. The average Bonchev–Trinajstić information content (AvgIpc) is 3.08. The van der Waals surface area contributed by atoms with Crippen molar-refractivity contribution in [2.24, 2.45) is 0 Å². The van der Waals surface area contributed by atoms with Gasteiger partial charge in [0.25, 0.3) is 5.56 Å². The predicted molar refractivity (Wildman–Crippen MR) is 102 cm³/mol. The lowest BCUT2D eigenvalue weighted by molar-refractivity contribution is -0.140. The van der Waals surface area contributed by atoms with Gasteiger partial charge in [-0.05, 0) is 24.3 Å². The summed E-state index contributed by atoms with van der Waals surface area (Å²) in [6.45, 7) is -1.38. The Morgan fingerprint density at radius 2 is 1.96 bits per heavy atom. The van der Waals surface area contributed by atoms with Crippen molar-refractivity contribution in [1.29, 1.82) is 0 Å². The normalized spacial score (nSPS) is 11.7. The van der Waals surface area contributed by atoms with E-state index in [1.54, 1.807) is 30.5 Å². The number of H-pyrrole nitrogens is 1. The minimum atomic E-state index is -4.54. The van der Waals surface area contributed by atoms with E-state index in [1.165, 1.54) is 12.3 Å². The first-order valence-corrected chi connectivity index (χ1v) is 8.32. The molecule has 4 rings (SSSR count). The highest BCUT2D eigenvalue weighted by molar-refractivity contribution is 9.10. The number of alkyl halides is 3. The molecule has 0 atom stereocenters. The van der Waals surface area contributed by atoms with Crippen LogP contribution in [0.1, 0.15) is 0 Å². The molecule has 0 fully saturated rings. The number of aromatic nitrogens is 4. The van der Waals surface area contributed by atoms with Gasteiger partial charge in [0.2, 0.25) is 0 Å². The molecule has 10 heteroatoms. The summed E-state index contributed by atoms with van der Waals surface area (Å²) in [4.78, 5) is 16.8. The molecule has 0 radical (unpaired) electrons. The van der Waals surface area contributed by atoms with Gasteiger partial charge in [-0.25, -0.2) is 0 Å². The molecule has 0 bridgehead atoms. The fourth-order valence-corrected chi connectivity index (χ4v) is 3.49. The first-order valence-electron chi connectivity index (χ1n) is 7.52. The Hall–Kier alpha value is -2.39. The van der Waals surface area contributed by atoms with Crippen LogP contribution in [-0.4, -0.2) is 25.9 Å². The second kappa shape index (κ2) is 6.97. The zero-order valence-corrected chi connectivity index (χ0v) is 15.8. The van der Waals surface area contributed by atoms with Crippen LogP contribution < -0.4 is 5.56 Å². The van der Waals surface area contributed by atoms with Gasteiger partial charge in [0.05, 0.1) is 28.3 Å². The van der Waals surface area contributed by atoms with Crippen molar-refractivity contribution in [2.75, 3.05) is 0 Å². The van der Waals surface area contributed by atoms with Gasteiger partial charge in [0.15, 0.2) is 0 Å². The van der Waals surface area contributed by atoms with Gasteiger partial charge in [-0.3, -0.25) is 19.4 Å². The van der Waals surface area contributed by atoms with Crippen LogP contribution in [0.15, 0.2) is 52.0 Å². The summed E-state index contributed by atoms with van der Waals surface area (Å²) in [5.74, 6) is 0. The fraction of sp³-hybridized carbons (Fsp3) is 0.118. The van der Waals surface area contributed by atoms with E-state index in [2.05, 4.69) is 31.1 Å². The van der Waals surface area contributed by atoms with Crippen molar-refractivity contribution >= 4 is 50.1 Å². The van der Waals surface area contributed by atoms with E-state index in [9.17, 15) is 18.0 Å². The quantitative estimate of drug-likeness (QED) is 0.473. The minimum Gasteiger partial charge on any atom is -0.298 e. The van der Waals surface area contributed by atoms with Crippen LogP contribution in [0.3, 0.4) is 0 Å². The fourth-order valence-electron chi connectivity index (χ4n) is 2.95. The van der Waals surface area contributed by atoms with Crippen LogP contribution in [0.2, 0.25) is 0 Å². The molecule has 0 spiro atoms. The molecule has 4 aromatic rings. The zero-order chi connectivity index (χ0) is 18.5. The second-order valence-corrected chi connectivity index (χ2v) is 6.58. The molecule has 0 aliphatic heterocycles. The highest BCUT2D eigenvalue weighted by Crippen LogP contribution is 2.34. The highest BCUT2D eigenvalue weighted by Gasteiger charge is 2.30. The molecular formula is C17H11BrClF3N4O. The maximum Gasteiger partial charge on any atom is 0.406 e. The summed E-state index contributed by atoms with van der Waals surface area (Å²) in [5.41, 5.74) is 0.988. The number of nitrogens with one attached hydrogen (secondary N) is 1. The molecular weight excluding hydrogens is 449 g/mol. The Morgan fingerprint density at radius 1 is 1.19 bits per heavy atom. The Morgan fingerprint density at radius 3 is 2.63 bits per heavy atom. The number of hydrogen-bond donors (Lipinski definition) is 1. The van der Waals surface area contributed by atoms with E-state index in [0.29, 0.717) is 26.6 Å². The van der Waals surface area contributed by atoms with E-state index in [-0.39, 0.29) is 23.3 Å². The van der Waals surface area contributed by atoms with Crippen LogP contribution in [0.5, 0.6) is 0 Å². The molecule has 140 valence electrons. The minimum absolute atomic E-state index is 0. The summed E-state index contributed by atoms with van der Waals surface area (Å²) >= 11 is 3.45. The molecule has 5 nitrogen and oxygen atoms in total. The van der Waals surface area contributed by atoms with E-state index in [0.717, 1.165) is 4.57 Å². The molecule has 0 aliphatic rings. The third-order valence-electron chi connectivity index (χ3n) is 4.04. The summed E-state index contributed by atoms with van der Waals surface area (Å²) in [7, 11) is 0. The molecule has 0 amide bonds. The van der Waals surface area contributed by atoms with Crippen LogP contribution in [0, 0.1) is 0 Å². The standard InChI is InChI=1S/C17H10BrF3N4O.ClH/c18-12-5-10-14(6-9(12)13-3-1-2-4-22-13)25(8-17(19,20)21)16(26)11-7-23-24-15(10)11;/h1-7H,8H2,(H,23,24);1H. The summed E-state index contributed by atoms with van der Waals surface area (Å²) in [6.07, 6.45) is -1.70. The molecule has 0 saturated carbocycles. The van der Waals surface area contributed by atoms with E-state index >= 15 is 0 Å². The average molecular weight is 460 g/mol. The molecule has 0 unspecified atom stereocenters. The lowest BCUT2D eigenvalue weighted by Crippen LogP contribution is -2.28. The Balaban J connectivity index is 0.00000210. The lowest BCUT2D eigenvalue weighted by atomic mass is 10.1. The molecule has 0 saturated heterocycles. The number of nitrogens with zero attached hydrogens (tertiary/aromatic N) is 3. The number of aromatic amines is 1. The van der Waals surface area contributed by atoms with Crippen LogP contribution in [0.4, 0.5) is 13.2 Å². The van der Waals surface area contributed by atoms with Gasteiger partial charge in [-0.2, -0.15) is 18.3 Å². The van der Waals surface area contributed by atoms with Crippen LogP contribution in [0.25, 0.3) is 33.1 Å². The van der Waals surface area contributed by atoms with Crippen molar-refractivity contribution in [3.63, 3.8) is 0 Å². The van der Waals surface area contributed by atoms with Gasteiger partial charge >= 0.3 is 6.18 Å². The Bertz CT molecular complexity index is 1190. The van der Waals surface area contributed by atoms with Gasteiger partial charge in [-0.1, -0.05) is 22.0 Å². The van der Waals surface area contributed by atoms with E-state index < -0.39 is 18.3 Å². The number of halogens is 5. The number of rotatable bonds is 2. The number of fused-ring (bicyclic) bond motifs is 3. The van der Waals surface area contributed by atoms with Crippen molar-refractivity contribution in [3.05, 3.63) is 57.6 Å². The SMILES string of the molecule is Cl.O=c1c2cn[nH]c2c2cc(Br)c(-c3ccccn3)cc2n1CC(F)(F)F. The first kappa shape index (κ1) is 19.4. The van der Waals surface area contributed by atoms with E-state index in [4.69, 9.17) is 0 Å².